The molecule has 2 N–H and O–H groups in total. The van der Waals surface area contributed by atoms with Gasteiger partial charge < -0.3 is 0 Å². The van der Waals surface area contributed by atoms with Crippen molar-refractivity contribution in [3.05, 3.63) is 70.8 Å². The summed E-state index contributed by atoms with van der Waals surface area (Å²) in [5.74, 6) is -0.128. The van der Waals surface area contributed by atoms with Gasteiger partial charge in [0.15, 0.2) is 11.6 Å². The van der Waals surface area contributed by atoms with Gasteiger partial charge >= 0.3 is 0 Å². The summed E-state index contributed by atoms with van der Waals surface area (Å²) in [6, 6.07) is 13.9. The van der Waals surface area contributed by atoms with Crippen molar-refractivity contribution in [2.75, 3.05) is 0 Å². The molecule has 1 aliphatic carbocycles. The minimum Gasteiger partial charge on any atom is -0.289 e. The smallest absolute Gasteiger partial charge is 0.194 e. The molecule has 0 heterocycles. The average molecular weight is 258 g/mol. The highest BCUT2D eigenvalue weighted by atomic mass is 17.4. The van der Waals surface area contributed by atoms with E-state index in [-0.39, 0.29) is 11.6 Å². The summed E-state index contributed by atoms with van der Waals surface area (Å²) in [6.45, 7) is 0. The van der Waals surface area contributed by atoms with Crippen molar-refractivity contribution in [2.24, 2.45) is 0 Å². The zero-order valence-corrected chi connectivity index (χ0v) is 9.74. The number of ketones is 2. The number of rotatable bonds is 0. The molecule has 0 spiro atoms. The zero-order valence-electron chi connectivity index (χ0n) is 9.74. The largest absolute Gasteiger partial charge is 0.289 e. The van der Waals surface area contributed by atoms with Crippen molar-refractivity contribution < 1.29 is 25.1 Å². The van der Waals surface area contributed by atoms with Crippen LogP contribution in [0.25, 0.3) is 0 Å². The number of hydrogen-bond acceptors (Lipinski definition) is 5. The lowest BCUT2D eigenvalue weighted by molar-refractivity contribution is -0.465. The second kappa shape index (κ2) is 5.53. The minimum absolute atomic E-state index is 0.0641. The molecule has 0 bridgehead atoms. The molecule has 3 rings (SSSR count). The number of benzene rings is 2. The van der Waals surface area contributed by atoms with E-state index in [2.05, 4.69) is 5.04 Å². The predicted molar refractivity (Wildman–Crippen MR) is 66.1 cm³/mol. The summed E-state index contributed by atoms with van der Waals surface area (Å²) < 4.78 is 0. The van der Waals surface area contributed by atoms with Crippen molar-refractivity contribution >= 4 is 11.6 Å². The first-order valence-electron chi connectivity index (χ1n) is 5.43. The van der Waals surface area contributed by atoms with Gasteiger partial charge in [0.05, 0.1) is 0 Å². The maximum Gasteiger partial charge on any atom is 0.194 e. The Morgan fingerprint density at radius 2 is 0.842 bits per heavy atom. The molecule has 0 amide bonds. The quantitative estimate of drug-likeness (QED) is 0.478. The molecule has 96 valence electrons. The SMILES string of the molecule is O=C1c2ccccc2C(=O)c2ccccc21.OOO. The zero-order chi connectivity index (χ0) is 13.8. The molecule has 2 aromatic rings. The van der Waals surface area contributed by atoms with E-state index in [0.29, 0.717) is 22.3 Å². The van der Waals surface area contributed by atoms with E-state index in [1.165, 1.54) is 0 Å². The summed E-state index contributed by atoms with van der Waals surface area (Å²) >= 11 is 0. The summed E-state index contributed by atoms with van der Waals surface area (Å²) in [5.41, 5.74) is 2.02. The number of carbonyl (C=O) groups is 2. The molecule has 5 heteroatoms. The molecule has 0 saturated carbocycles. The lowest BCUT2D eigenvalue weighted by Gasteiger charge is -2.16. The van der Waals surface area contributed by atoms with E-state index in [9.17, 15) is 9.59 Å². The Hall–Kier alpha value is -2.34. The summed E-state index contributed by atoms with van der Waals surface area (Å²) in [5, 5.41) is 15.5. The number of fused-ring (bicyclic) bond motifs is 2. The van der Waals surface area contributed by atoms with Gasteiger partial charge in [0.2, 0.25) is 0 Å². The maximum atomic E-state index is 12.1. The van der Waals surface area contributed by atoms with Crippen LogP contribution in [0.1, 0.15) is 31.8 Å². The van der Waals surface area contributed by atoms with E-state index in [4.69, 9.17) is 10.5 Å². The first-order chi connectivity index (χ1) is 9.20. The van der Waals surface area contributed by atoms with E-state index >= 15 is 0 Å². The minimum atomic E-state index is -0.0641. The van der Waals surface area contributed by atoms with Crippen LogP contribution in [0, 0.1) is 0 Å². The molecule has 19 heavy (non-hydrogen) atoms. The molecule has 5 nitrogen and oxygen atoms in total. The van der Waals surface area contributed by atoms with Crippen LogP contribution in [0.4, 0.5) is 0 Å². The third-order valence-corrected chi connectivity index (χ3v) is 2.83. The van der Waals surface area contributed by atoms with Gasteiger partial charge in [-0.1, -0.05) is 53.6 Å². The molecule has 2 aromatic carbocycles. The fourth-order valence-electron chi connectivity index (χ4n) is 2.05. The molecule has 0 aliphatic heterocycles. The standard InChI is InChI=1S/C14H8O2.H2O3/c15-13-9-5-1-2-6-10(9)14(16)12-8-4-3-7-11(12)13;1-3-2/h1-8H;1-2H. The van der Waals surface area contributed by atoms with Crippen molar-refractivity contribution in [1.82, 2.24) is 0 Å². The van der Waals surface area contributed by atoms with E-state index in [0.717, 1.165) is 0 Å². The Morgan fingerprint density at radius 1 is 0.632 bits per heavy atom. The van der Waals surface area contributed by atoms with Crippen LogP contribution < -0.4 is 0 Å². The van der Waals surface area contributed by atoms with Crippen LogP contribution in [-0.4, -0.2) is 22.1 Å². The van der Waals surface area contributed by atoms with Gasteiger partial charge in [-0.05, 0) is 0 Å². The summed E-state index contributed by atoms with van der Waals surface area (Å²) in [6.07, 6.45) is 0. The molecule has 1 aliphatic rings. The highest BCUT2D eigenvalue weighted by molar-refractivity contribution is 6.28. The van der Waals surface area contributed by atoms with Gasteiger partial charge in [-0.3, -0.25) is 9.59 Å². The van der Waals surface area contributed by atoms with Gasteiger partial charge in [0, 0.05) is 22.3 Å². The van der Waals surface area contributed by atoms with Gasteiger partial charge in [-0.25, -0.2) is 10.5 Å². The average Bonchev–Trinajstić information content (AvgIpc) is 2.46. The second-order valence-electron chi connectivity index (χ2n) is 3.83. The van der Waals surface area contributed by atoms with E-state index in [1.54, 1.807) is 48.5 Å². The van der Waals surface area contributed by atoms with Crippen molar-refractivity contribution in [2.45, 2.75) is 0 Å². The maximum absolute atomic E-state index is 12.1. The molecule has 0 atom stereocenters. The summed E-state index contributed by atoms with van der Waals surface area (Å²) in [4.78, 5) is 24.2. The van der Waals surface area contributed by atoms with Gasteiger partial charge in [-0.2, -0.15) is 0 Å². The Morgan fingerprint density at radius 3 is 1.05 bits per heavy atom. The molecule has 0 fully saturated rings. The lowest BCUT2D eigenvalue weighted by Crippen LogP contribution is -2.20. The molecule has 0 unspecified atom stereocenters. The number of carbonyl (C=O) groups excluding carboxylic acids is 2. The number of hydrogen-bond donors (Lipinski definition) is 2. The van der Waals surface area contributed by atoms with E-state index < -0.39 is 0 Å². The van der Waals surface area contributed by atoms with Crippen molar-refractivity contribution in [3.8, 4) is 0 Å². The van der Waals surface area contributed by atoms with Crippen LogP contribution in [0.2, 0.25) is 0 Å². The monoisotopic (exact) mass is 258 g/mol. The van der Waals surface area contributed by atoms with Crippen LogP contribution in [0.15, 0.2) is 48.5 Å². The second-order valence-corrected chi connectivity index (χ2v) is 3.83. The molecular formula is C14H10O5. The third-order valence-electron chi connectivity index (χ3n) is 2.83. The Bertz CT molecular complexity index is 528. The summed E-state index contributed by atoms with van der Waals surface area (Å²) in [7, 11) is 0. The fraction of sp³-hybridized carbons (Fsp3) is 0. The van der Waals surface area contributed by atoms with Gasteiger partial charge in [0.25, 0.3) is 0 Å². The molecule has 0 radical (unpaired) electrons. The fourth-order valence-corrected chi connectivity index (χ4v) is 2.05. The topological polar surface area (TPSA) is 83.8 Å². The first kappa shape index (κ1) is 13.1. The first-order valence-corrected chi connectivity index (χ1v) is 5.43. The third kappa shape index (κ3) is 2.30. The Kier molecular flexibility index (Phi) is 3.82. The van der Waals surface area contributed by atoms with Gasteiger partial charge in [-0.15, -0.1) is 0 Å². The van der Waals surface area contributed by atoms with Crippen LogP contribution in [-0.2, 0) is 5.04 Å². The highest BCUT2D eigenvalue weighted by Crippen LogP contribution is 2.26. The van der Waals surface area contributed by atoms with Crippen molar-refractivity contribution in [1.29, 1.82) is 0 Å². The van der Waals surface area contributed by atoms with Crippen LogP contribution in [0.3, 0.4) is 0 Å². The molecule has 0 saturated heterocycles. The Labute approximate surface area is 108 Å². The molecule has 0 aromatic heterocycles. The van der Waals surface area contributed by atoms with Crippen LogP contribution in [0.5, 0.6) is 0 Å². The van der Waals surface area contributed by atoms with Crippen molar-refractivity contribution in [3.63, 3.8) is 0 Å². The van der Waals surface area contributed by atoms with E-state index in [1.807, 2.05) is 0 Å². The normalized spacial score (nSPS) is 12.1. The Balaban J connectivity index is 0.000000408. The predicted octanol–water partition coefficient (Wildman–Crippen LogP) is 2.41. The van der Waals surface area contributed by atoms with Crippen LogP contribution >= 0.6 is 0 Å². The highest BCUT2D eigenvalue weighted by Gasteiger charge is 2.28. The lowest BCUT2D eigenvalue weighted by atomic mass is 9.84. The van der Waals surface area contributed by atoms with Gasteiger partial charge in [0.1, 0.15) is 0 Å². The molecular weight excluding hydrogens is 248 g/mol.